The lowest BCUT2D eigenvalue weighted by atomic mass is 9.92. The topological polar surface area (TPSA) is 72.5 Å². The summed E-state index contributed by atoms with van der Waals surface area (Å²) in [7, 11) is -4.08. The molecule has 184 valence electrons. The molecule has 0 fully saturated rings. The molecule has 0 radical (unpaired) electrons. The van der Waals surface area contributed by atoms with Gasteiger partial charge in [-0.3, -0.25) is 4.79 Å². The highest BCUT2D eigenvalue weighted by Crippen LogP contribution is 2.33. The lowest BCUT2D eigenvalue weighted by Crippen LogP contribution is -2.31. The Morgan fingerprint density at radius 3 is 2.33 bits per heavy atom. The van der Waals surface area contributed by atoms with Crippen LogP contribution < -0.4 is 9.46 Å². The number of benzene rings is 4. The number of ether oxygens (including phenoxy) is 1. The molecule has 0 bridgehead atoms. The Morgan fingerprint density at radius 2 is 1.61 bits per heavy atom. The Hall–Kier alpha value is -3.61. The van der Waals surface area contributed by atoms with Crippen molar-refractivity contribution in [2.24, 2.45) is 0 Å². The molecule has 4 aromatic rings. The molecule has 36 heavy (non-hydrogen) atoms. The van der Waals surface area contributed by atoms with Crippen LogP contribution in [0.25, 0.3) is 11.1 Å². The molecule has 0 aliphatic rings. The first-order valence-electron chi connectivity index (χ1n) is 11.5. The Balaban J connectivity index is 1.63. The number of nitrogens with one attached hydrogen (secondary N) is 1. The third-order valence-corrected chi connectivity index (χ3v) is 7.25. The molecular weight excluding hydrogens is 494 g/mol. The molecule has 4 aromatic carbocycles. The minimum Gasteiger partial charge on any atom is -0.488 e. The molecule has 0 aliphatic heterocycles. The molecular formula is C29H26ClNO4S. The molecule has 1 amide bonds. The maximum absolute atomic E-state index is 13.1. The highest BCUT2D eigenvalue weighted by atomic mass is 35.5. The number of para-hydroxylation sites is 1. The van der Waals surface area contributed by atoms with Gasteiger partial charge in [-0.25, -0.2) is 13.1 Å². The van der Waals surface area contributed by atoms with Crippen LogP contribution in [-0.4, -0.2) is 14.3 Å². The summed E-state index contributed by atoms with van der Waals surface area (Å²) in [5.74, 6) is -0.00685. The van der Waals surface area contributed by atoms with Gasteiger partial charge in [-0.1, -0.05) is 86.1 Å². The highest BCUT2D eigenvalue weighted by molar-refractivity contribution is 7.90. The van der Waals surface area contributed by atoms with Gasteiger partial charge >= 0.3 is 0 Å². The zero-order valence-electron chi connectivity index (χ0n) is 19.9. The van der Waals surface area contributed by atoms with Crippen LogP contribution in [0, 0.1) is 0 Å². The van der Waals surface area contributed by atoms with Gasteiger partial charge in [0.05, 0.1) is 4.90 Å². The molecule has 0 atom stereocenters. The van der Waals surface area contributed by atoms with Crippen LogP contribution >= 0.6 is 11.6 Å². The zero-order valence-corrected chi connectivity index (χ0v) is 21.5. The Morgan fingerprint density at radius 1 is 0.889 bits per heavy atom. The fraction of sp³-hybridized carbons (Fsp3) is 0.138. The summed E-state index contributed by atoms with van der Waals surface area (Å²) in [6.07, 6.45) is 0. The van der Waals surface area contributed by atoms with Crippen molar-refractivity contribution in [3.05, 3.63) is 119 Å². The smallest absolute Gasteiger partial charge is 0.265 e. The fourth-order valence-electron chi connectivity index (χ4n) is 3.85. The van der Waals surface area contributed by atoms with E-state index >= 15 is 0 Å². The van der Waals surface area contributed by atoms with Crippen molar-refractivity contribution < 1.29 is 17.9 Å². The van der Waals surface area contributed by atoms with Crippen molar-refractivity contribution in [1.29, 1.82) is 0 Å². The van der Waals surface area contributed by atoms with Gasteiger partial charge in [0.1, 0.15) is 12.4 Å². The average Bonchev–Trinajstić information content (AvgIpc) is 2.87. The molecule has 0 heterocycles. The molecule has 1 N–H and O–H groups in total. The predicted octanol–water partition coefficient (Wildman–Crippen LogP) is 6.83. The van der Waals surface area contributed by atoms with Crippen LogP contribution in [0.3, 0.4) is 0 Å². The number of halogens is 1. The molecule has 0 aliphatic carbocycles. The van der Waals surface area contributed by atoms with Gasteiger partial charge in [0.25, 0.3) is 15.9 Å². The van der Waals surface area contributed by atoms with Gasteiger partial charge in [0.15, 0.2) is 0 Å². The van der Waals surface area contributed by atoms with E-state index in [-0.39, 0.29) is 15.8 Å². The molecule has 0 aromatic heterocycles. The molecule has 0 unspecified atom stereocenters. The fourth-order valence-corrected chi connectivity index (χ4v) is 5.12. The van der Waals surface area contributed by atoms with Crippen molar-refractivity contribution in [1.82, 2.24) is 4.72 Å². The van der Waals surface area contributed by atoms with Crippen molar-refractivity contribution in [3.63, 3.8) is 0 Å². The van der Waals surface area contributed by atoms with E-state index in [1.807, 2.05) is 74.5 Å². The van der Waals surface area contributed by atoms with E-state index in [1.54, 1.807) is 18.2 Å². The van der Waals surface area contributed by atoms with E-state index in [4.69, 9.17) is 16.3 Å². The lowest BCUT2D eigenvalue weighted by molar-refractivity contribution is 0.0980. The largest absolute Gasteiger partial charge is 0.488 e. The van der Waals surface area contributed by atoms with Crippen LogP contribution in [-0.2, 0) is 16.6 Å². The third kappa shape index (κ3) is 5.96. The van der Waals surface area contributed by atoms with Gasteiger partial charge in [-0.05, 0) is 59.0 Å². The Kier molecular flexibility index (Phi) is 7.77. The minimum atomic E-state index is -4.08. The van der Waals surface area contributed by atoms with Crippen LogP contribution in [0.5, 0.6) is 5.75 Å². The quantitative estimate of drug-likeness (QED) is 0.277. The molecule has 7 heteroatoms. The second-order valence-electron chi connectivity index (χ2n) is 8.62. The van der Waals surface area contributed by atoms with Crippen LogP contribution in [0.1, 0.15) is 41.3 Å². The van der Waals surface area contributed by atoms with Crippen molar-refractivity contribution >= 4 is 27.5 Å². The average molecular weight is 520 g/mol. The van der Waals surface area contributed by atoms with Gasteiger partial charge < -0.3 is 4.74 Å². The normalized spacial score (nSPS) is 11.3. The molecule has 5 nitrogen and oxygen atoms in total. The van der Waals surface area contributed by atoms with E-state index in [0.29, 0.717) is 12.2 Å². The summed E-state index contributed by atoms with van der Waals surface area (Å²) in [6, 6.07) is 28.8. The maximum Gasteiger partial charge on any atom is 0.265 e. The van der Waals surface area contributed by atoms with E-state index in [0.717, 1.165) is 28.0 Å². The summed E-state index contributed by atoms with van der Waals surface area (Å²) in [5, 5.41) is 0.269. The lowest BCUT2D eigenvalue weighted by Gasteiger charge is -2.17. The second kappa shape index (κ2) is 11.0. The first-order chi connectivity index (χ1) is 17.2. The van der Waals surface area contributed by atoms with Gasteiger partial charge in [0, 0.05) is 16.1 Å². The zero-order chi connectivity index (χ0) is 25.7. The first kappa shape index (κ1) is 25.5. The second-order valence-corrected chi connectivity index (χ2v) is 10.7. The molecule has 0 spiro atoms. The summed E-state index contributed by atoms with van der Waals surface area (Å²) < 4.78 is 33.8. The van der Waals surface area contributed by atoms with Crippen molar-refractivity contribution in [3.8, 4) is 16.9 Å². The molecule has 0 saturated heterocycles. The Labute approximate surface area is 216 Å². The van der Waals surface area contributed by atoms with Crippen LogP contribution in [0.4, 0.5) is 0 Å². The van der Waals surface area contributed by atoms with Crippen molar-refractivity contribution in [2.75, 3.05) is 0 Å². The summed E-state index contributed by atoms with van der Waals surface area (Å²) >= 11 is 5.93. The molecule has 0 saturated carbocycles. The van der Waals surface area contributed by atoms with E-state index in [9.17, 15) is 13.2 Å². The standard InChI is InChI=1S/C29H26ClNO4S/c1-20(2)27-17-22(25-13-6-7-14-28(25)35-19-21-9-4-3-5-10-21)15-16-26(27)29(32)31-36(33,34)24-12-8-11-23(30)18-24/h3-18,20H,19H2,1-2H3,(H,31,32). The number of sulfonamides is 1. The number of hydrogen-bond acceptors (Lipinski definition) is 4. The van der Waals surface area contributed by atoms with Crippen molar-refractivity contribution in [2.45, 2.75) is 31.3 Å². The summed E-state index contributed by atoms with van der Waals surface area (Å²) in [5.41, 5.74) is 3.83. The van der Waals surface area contributed by atoms with E-state index < -0.39 is 15.9 Å². The van der Waals surface area contributed by atoms with Crippen LogP contribution in [0.2, 0.25) is 5.02 Å². The number of carbonyl (C=O) groups is 1. The number of carbonyl (C=O) groups excluding carboxylic acids is 1. The van der Waals surface area contributed by atoms with E-state index in [2.05, 4.69) is 4.72 Å². The molecule has 4 rings (SSSR count). The predicted molar refractivity (Wildman–Crippen MR) is 143 cm³/mol. The summed E-state index contributed by atoms with van der Waals surface area (Å²) in [4.78, 5) is 13.0. The SMILES string of the molecule is CC(C)c1cc(-c2ccccc2OCc2ccccc2)ccc1C(=O)NS(=O)(=O)c1cccc(Cl)c1. The first-order valence-corrected chi connectivity index (χ1v) is 13.3. The number of hydrogen-bond donors (Lipinski definition) is 1. The third-order valence-electron chi connectivity index (χ3n) is 5.69. The van der Waals surface area contributed by atoms with Gasteiger partial charge in [0.2, 0.25) is 0 Å². The highest BCUT2D eigenvalue weighted by Gasteiger charge is 2.22. The summed E-state index contributed by atoms with van der Waals surface area (Å²) in [6.45, 7) is 4.34. The van der Waals surface area contributed by atoms with Gasteiger partial charge in [-0.2, -0.15) is 0 Å². The minimum absolute atomic E-state index is 0.0306. The monoisotopic (exact) mass is 519 g/mol. The Bertz CT molecular complexity index is 1480. The van der Waals surface area contributed by atoms with Gasteiger partial charge in [-0.15, -0.1) is 0 Å². The number of amides is 1. The number of rotatable bonds is 8. The maximum atomic E-state index is 13.1. The van der Waals surface area contributed by atoms with E-state index in [1.165, 1.54) is 18.2 Å². The van der Waals surface area contributed by atoms with Crippen LogP contribution in [0.15, 0.2) is 102 Å².